The number of hydrogen-bond donors (Lipinski definition) is 0. The molecule has 0 fully saturated rings. The third kappa shape index (κ3) is 5.26. The van der Waals surface area contributed by atoms with Crippen molar-refractivity contribution in [3.63, 3.8) is 0 Å². The standard InChI is InChI=1S/C17H21ClN2O4S2/c1-12(2)8-9-20(10-16-19-15(11-25-16)17(21)24-3)26(22,23)14-6-4-13(18)5-7-14/h4-7,11-12H,8-10H2,1-3H3. The number of sulfonamides is 1. The molecule has 0 N–H and O–H groups in total. The van der Waals surface area contributed by atoms with Crippen molar-refractivity contribution >= 4 is 38.9 Å². The van der Waals surface area contributed by atoms with Crippen LogP contribution >= 0.6 is 22.9 Å². The Kier molecular flexibility index (Phi) is 7.16. The van der Waals surface area contributed by atoms with Gasteiger partial charge in [-0.3, -0.25) is 0 Å². The van der Waals surface area contributed by atoms with Crippen molar-refractivity contribution in [2.24, 2.45) is 5.92 Å². The largest absolute Gasteiger partial charge is 0.464 e. The Labute approximate surface area is 162 Å². The number of carbonyl (C=O) groups excluding carboxylic acids is 1. The fourth-order valence-corrected chi connectivity index (χ4v) is 4.58. The predicted octanol–water partition coefficient (Wildman–Crippen LogP) is 3.82. The van der Waals surface area contributed by atoms with Crippen molar-refractivity contribution in [1.29, 1.82) is 0 Å². The minimum absolute atomic E-state index is 0.0966. The van der Waals surface area contributed by atoms with Gasteiger partial charge in [0.1, 0.15) is 5.01 Å². The van der Waals surface area contributed by atoms with Crippen LogP contribution in [0.2, 0.25) is 5.02 Å². The maximum atomic E-state index is 13.0. The smallest absolute Gasteiger partial charge is 0.357 e. The number of benzene rings is 1. The molecule has 142 valence electrons. The second kappa shape index (κ2) is 8.94. The Hall–Kier alpha value is -1.48. The van der Waals surface area contributed by atoms with Crippen molar-refractivity contribution in [1.82, 2.24) is 9.29 Å². The maximum Gasteiger partial charge on any atom is 0.357 e. The van der Waals surface area contributed by atoms with E-state index in [0.717, 1.165) is 0 Å². The van der Waals surface area contributed by atoms with E-state index in [1.54, 1.807) is 17.5 Å². The van der Waals surface area contributed by atoms with Gasteiger partial charge in [-0.1, -0.05) is 25.4 Å². The molecule has 0 saturated heterocycles. The monoisotopic (exact) mass is 416 g/mol. The first-order valence-corrected chi connectivity index (χ1v) is 10.7. The van der Waals surface area contributed by atoms with Crippen molar-refractivity contribution in [3.05, 3.63) is 45.4 Å². The van der Waals surface area contributed by atoms with Gasteiger partial charge in [-0.25, -0.2) is 18.2 Å². The molecule has 2 rings (SSSR count). The lowest BCUT2D eigenvalue weighted by Gasteiger charge is -2.22. The lowest BCUT2D eigenvalue weighted by Crippen LogP contribution is -2.32. The summed E-state index contributed by atoms with van der Waals surface area (Å²) in [6, 6.07) is 6.07. The van der Waals surface area contributed by atoms with E-state index in [-0.39, 0.29) is 17.1 Å². The Morgan fingerprint density at radius 2 is 1.96 bits per heavy atom. The summed E-state index contributed by atoms with van der Waals surface area (Å²) in [5, 5.41) is 2.57. The van der Waals surface area contributed by atoms with Crippen LogP contribution in [0.1, 0.15) is 35.8 Å². The topological polar surface area (TPSA) is 76.6 Å². The van der Waals surface area contributed by atoms with E-state index in [9.17, 15) is 13.2 Å². The summed E-state index contributed by atoms with van der Waals surface area (Å²) >= 11 is 7.09. The summed E-state index contributed by atoms with van der Waals surface area (Å²) in [7, 11) is -2.42. The number of ether oxygens (including phenoxy) is 1. The van der Waals surface area contributed by atoms with Crippen LogP contribution in [0.3, 0.4) is 0 Å². The fourth-order valence-electron chi connectivity index (χ4n) is 2.17. The van der Waals surface area contributed by atoms with Gasteiger partial charge in [0.2, 0.25) is 10.0 Å². The van der Waals surface area contributed by atoms with E-state index in [0.29, 0.717) is 28.9 Å². The summed E-state index contributed by atoms with van der Waals surface area (Å²) in [6.45, 7) is 4.52. The normalized spacial score (nSPS) is 11.9. The number of halogens is 1. The number of thiazole rings is 1. The number of hydrogen-bond acceptors (Lipinski definition) is 6. The minimum atomic E-state index is -3.70. The van der Waals surface area contributed by atoms with Gasteiger partial charge >= 0.3 is 5.97 Å². The average molecular weight is 417 g/mol. The fraction of sp³-hybridized carbons (Fsp3) is 0.412. The van der Waals surface area contributed by atoms with E-state index in [2.05, 4.69) is 9.72 Å². The zero-order chi connectivity index (χ0) is 19.3. The highest BCUT2D eigenvalue weighted by atomic mass is 35.5. The van der Waals surface area contributed by atoms with Crippen LogP contribution in [-0.4, -0.2) is 37.3 Å². The Morgan fingerprint density at radius 3 is 2.54 bits per heavy atom. The van der Waals surface area contributed by atoms with Crippen molar-refractivity contribution in [2.45, 2.75) is 31.7 Å². The number of aromatic nitrogens is 1. The quantitative estimate of drug-likeness (QED) is 0.611. The molecule has 6 nitrogen and oxygen atoms in total. The lowest BCUT2D eigenvalue weighted by atomic mass is 10.1. The molecule has 0 amide bonds. The molecular weight excluding hydrogens is 396 g/mol. The predicted molar refractivity (Wildman–Crippen MR) is 102 cm³/mol. The molecule has 1 aromatic heterocycles. The number of nitrogens with zero attached hydrogens (tertiary/aromatic N) is 2. The first kappa shape index (κ1) is 20.8. The molecule has 0 saturated carbocycles. The lowest BCUT2D eigenvalue weighted by molar-refractivity contribution is 0.0594. The molecule has 0 atom stereocenters. The number of rotatable bonds is 8. The van der Waals surface area contributed by atoms with Gasteiger partial charge in [-0.05, 0) is 36.6 Å². The van der Waals surface area contributed by atoms with Crippen LogP contribution in [0.15, 0.2) is 34.5 Å². The SMILES string of the molecule is COC(=O)c1csc(CN(CCC(C)C)S(=O)(=O)c2ccc(Cl)cc2)n1. The van der Waals surface area contributed by atoms with E-state index in [4.69, 9.17) is 11.6 Å². The van der Waals surface area contributed by atoms with E-state index >= 15 is 0 Å². The molecule has 0 aliphatic heterocycles. The Morgan fingerprint density at radius 1 is 1.31 bits per heavy atom. The third-order valence-electron chi connectivity index (χ3n) is 3.67. The van der Waals surface area contributed by atoms with Gasteiger partial charge in [-0.2, -0.15) is 4.31 Å². The van der Waals surface area contributed by atoms with Crippen LogP contribution in [0, 0.1) is 5.92 Å². The highest BCUT2D eigenvalue weighted by Crippen LogP contribution is 2.23. The summed E-state index contributed by atoms with van der Waals surface area (Å²) in [5.74, 6) is -0.193. The zero-order valence-corrected chi connectivity index (χ0v) is 17.2. The molecule has 0 radical (unpaired) electrons. The second-order valence-corrected chi connectivity index (χ2v) is 9.41. The van der Waals surface area contributed by atoms with Crippen LogP contribution in [0.4, 0.5) is 0 Å². The molecule has 2 aromatic rings. The number of carbonyl (C=O) groups is 1. The number of esters is 1. The van der Waals surface area contributed by atoms with Crippen LogP contribution in [0.5, 0.6) is 0 Å². The van der Waals surface area contributed by atoms with Crippen molar-refractivity contribution in [2.75, 3.05) is 13.7 Å². The van der Waals surface area contributed by atoms with Gasteiger partial charge in [0.15, 0.2) is 5.69 Å². The molecule has 0 aliphatic carbocycles. The highest BCUT2D eigenvalue weighted by molar-refractivity contribution is 7.89. The van der Waals surface area contributed by atoms with Crippen molar-refractivity contribution < 1.29 is 17.9 Å². The van der Waals surface area contributed by atoms with Crippen LogP contribution < -0.4 is 0 Å². The van der Waals surface area contributed by atoms with Crippen molar-refractivity contribution in [3.8, 4) is 0 Å². The molecular formula is C17H21ClN2O4S2. The van der Waals surface area contributed by atoms with Crippen LogP contribution in [-0.2, 0) is 21.3 Å². The van der Waals surface area contributed by atoms with Gasteiger partial charge in [0.05, 0.1) is 18.6 Å². The molecule has 1 heterocycles. The van der Waals surface area contributed by atoms with Gasteiger partial charge < -0.3 is 4.74 Å². The van der Waals surface area contributed by atoms with E-state index in [1.807, 2.05) is 13.8 Å². The van der Waals surface area contributed by atoms with Crippen LogP contribution in [0.25, 0.3) is 0 Å². The third-order valence-corrected chi connectivity index (χ3v) is 6.61. The average Bonchev–Trinajstić information content (AvgIpc) is 3.06. The first-order chi connectivity index (χ1) is 12.2. The van der Waals surface area contributed by atoms with Gasteiger partial charge in [-0.15, -0.1) is 11.3 Å². The number of methoxy groups -OCH3 is 1. The maximum absolute atomic E-state index is 13.0. The summed E-state index contributed by atoms with van der Waals surface area (Å²) in [5.41, 5.74) is 0.181. The van der Waals surface area contributed by atoms with Gasteiger partial charge in [0, 0.05) is 16.9 Å². The Balaban J connectivity index is 2.29. The minimum Gasteiger partial charge on any atom is -0.464 e. The zero-order valence-electron chi connectivity index (χ0n) is 14.8. The molecule has 1 aromatic carbocycles. The first-order valence-electron chi connectivity index (χ1n) is 8.02. The van der Waals surface area contributed by atoms with E-state index < -0.39 is 16.0 Å². The molecule has 0 unspecified atom stereocenters. The highest BCUT2D eigenvalue weighted by Gasteiger charge is 2.26. The molecule has 9 heteroatoms. The van der Waals surface area contributed by atoms with Gasteiger partial charge in [0.25, 0.3) is 0 Å². The summed E-state index contributed by atoms with van der Waals surface area (Å²) in [6.07, 6.45) is 0.710. The second-order valence-electron chi connectivity index (χ2n) is 6.09. The molecule has 0 bridgehead atoms. The molecule has 0 spiro atoms. The summed E-state index contributed by atoms with van der Waals surface area (Å²) in [4.78, 5) is 15.9. The molecule has 0 aliphatic rings. The van der Waals surface area contributed by atoms with E-state index in [1.165, 1.54) is 34.9 Å². The summed E-state index contributed by atoms with van der Waals surface area (Å²) < 4.78 is 32.1. The Bertz CT molecular complexity index is 848. The molecule has 26 heavy (non-hydrogen) atoms.